The molecule has 0 aliphatic carbocycles. The van der Waals surface area contributed by atoms with Crippen LogP contribution in [0.3, 0.4) is 0 Å². The molecule has 1 N–H and O–H groups in total. The van der Waals surface area contributed by atoms with Gasteiger partial charge in [0.25, 0.3) is 0 Å². The standard InChI is InChI=1S/C17H15F3N2OS/c18-17(19,20)24-15-7-3-6-14(10-15)21-16(23)22-9-8-12-4-1-2-5-13(12)11-22/h1-7,10H,8-9,11H2,(H,21,23). The second-order valence-electron chi connectivity index (χ2n) is 5.45. The third kappa shape index (κ3) is 4.23. The third-order valence-electron chi connectivity index (χ3n) is 3.74. The first-order chi connectivity index (χ1) is 11.4. The molecule has 1 aliphatic rings. The summed E-state index contributed by atoms with van der Waals surface area (Å²) in [4.78, 5) is 14.1. The molecule has 126 valence electrons. The van der Waals surface area contributed by atoms with E-state index in [-0.39, 0.29) is 22.7 Å². The van der Waals surface area contributed by atoms with E-state index in [0.29, 0.717) is 18.8 Å². The van der Waals surface area contributed by atoms with Crippen molar-refractivity contribution in [1.82, 2.24) is 4.90 Å². The number of alkyl halides is 3. The molecule has 0 spiro atoms. The van der Waals surface area contributed by atoms with E-state index < -0.39 is 5.51 Å². The number of nitrogens with one attached hydrogen (secondary N) is 1. The lowest BCUT2D eigenvalue weighted by Gasteiger charge is -2.29. The molecule has 2 aromatic rings. The van der Waals surface area contributed by atoms with Crippen LogP contribution in [0, 0.1) is 0 Å². The maximum Gasteiger partial charge on any atom is 0.446 e. The molecule has 2 aromatic carbocycles. The summed E-state index contributed by atoms with van der Waals surface area (Å²) in [7, 11) is 0. The van der Waals surface area contributed by atoms with Gasteiger partial charge >= 0.3 is 11.5 Å². The van der Waals surface area contributed by atoms with Crippen LogP contribution in [0.4, 0.5) is 23.7 Å². The van der Waals surface area contributed by atoms with E-state index in [0.717, 1.165) is 12.0 Å². The number of benzene rings is 2. The Morgan fingerprint density at radius 3 is 2.58 bits per heavy atom. The molecular formula is C17H15F3N2OS. The molecule has 0 aromatic heterocycles. The Balaban J connectivity index is 1.66. The number of hydrogen-bond donors (Lipinski definition) is 1. The van der Waals surface area contributed by atoms with Crippen LogP contribution < -0.4 is 5.32 Å². The van der Waals surface area contributed by atoms with Gasteiger partial charge in [0.2, 0.25) is 0 Å². The van der Waals surface area contributed by atoms with Crippen molar-refractivity contribution in [2.75, 3.05) is 11.9 Å². The maximum atomic E-state index is 12.4. The summed E-state index contributed by atoms with van der Waals surface area (Å²) in [6.45, 7) is 1.08. The van der Waals surface area contributed by atoms with Crippen molar-refractivity contribution in [2.45, 2.75) is 23.4 Å². The molecule has 0 fully saturated rings. The van der Waals surface area contributed by atoms with Crippen LogP contribution in [0.15, 0.2) is 53.4 Å². The number of fused-ring (bicyclic) bond motifs is 1. The van der Waals surface area contributed by atoms with Crippen molar-refractivity contribution in [3.63, 3.8) is 0 Å². The minimum absolute atomic E-state index is 0.0456. The van der Waals surface area contributed by atoms with Gasteiger partial charge in [-0.05, 0) is 47.5 Å². The van der Waals surface area contributed by atoms with E-state index in [2.05, 4.69) is 5.32 Å². The van der Waals surface area contributed by atoms with Crippen molar-refractivity contribution < 1.29 is 18.0 Å². The van der Waals surface area contributed by atoms with Gasteiger partial charge in [-0.2, -0.15) is 13.2 Å². The molecule has 0 atom stereocenters. The van der Waals surface area contributed by atoms with Crippen molar-refractivity contribution in [3.8, 4) is 0 Å². The monoisotopic (exact) mass is 352 g/mol. The zero-order valence-electron chi connectivity index (χ0n) is 12.6. The van der Waals surface area contributed by atoms with Crippen LogP contribution in [0.5, 0.6) is 0 Å². The molecule has 3 rings (SSSR count). The predicted octanol–water partition coefficient (Wildman–Crippen LogP) is 4.89. The summed E-state index contributed by atoms with van der Waals surface area (Å²) in [5.74, 6) is 0. The largest absolute Gasteiger partial charge is 0.446 e. The van der Waals surface area contributed by atoms with E-state index >= 15 is 0 Å². The molecule has 0 radical (unpaired) electrons. The van der Waals surface area contributed by atoms with Gasteiger partial charge in [0.15, 0.2) is 0 Å². The van der Waals surface area contributed by atoms with Crippen molar-refractivity contribution in [2.24, 2.45) is 0 Å². The van der Waals surface area contributed by atoms with E-state index in [1.54, 1.807) is 11.0 Å². The molecule has 0 bridgehead atoms. The summed E-state index contributed by atoms with van der Waals surface area (Å²) in [5.41, 5.74) is -1.67. The fraction of sp³-hybridized carbons (Fsp3) is 0.235. The summed E-state index contributed by atoms with van der Waals surface area (Å²) in [6, 6.07) is 13.4. The quantitative estimate of drug-likeness (QED) is 0.781. The second kappa shape index (κ2) is 6.76. The highest BCUT2D eigenvalue weighted by Crippen LogP contribution is 2.37. The number of halogens is 3. The molecule has 1 aliphatic heterocycles. The number of anilines is 1. The third-order valence-corrected chi connectivity index (χ3v) is 4.46. The van der Waals surface area contributed by atoms with Gasteiger partial charge in [-0.25, -0.2) is 4.79 Å². The molecule has 0 unspecified atom stereocenters. The highest BCUT2D eigenvalue weighted by molar-refractivity contribution is 8.00. The topological polar surface area (TPSA) is 32.3 Å². The molecule has 7 heteroatoms. The molecule has 3 nitrogen and oxygen atoms in total. The highest BCUT2D eigenvalue weighted by atomic mass is 32.2. The van der Waals surface area contributed by atoms with Crippen LogP contribution >= 0.6 is 11.8 Å². The minimum Gasteiger partial charge on any atom is -0.320 e. The number of thioether (sulfide) groups is 1. The molecule has 0 saturated heterocycles. The SMILES string of the molecule is O=C(Nc1cccc(SC(F)(F)F)c1)N1CCc2ccccc2C1. The smallest absolute Gasteiger partial charge is 0.320 e. The predicted molar refractivity (Wildman–Crippen MR) is 87.9 cm³/mol. The Kier molecular flexibility index (Phi) is 4.71. The summed E-state index contributed by atoms with van der Waals surface area (Å²) in [5, 5.41) is 2.67. The van der Waals surface area contributed by atoms with E-state index in [9.17, 15) is 18.0 Å². The fourth-order valence-corrected chi connectivity index (χ4v) is 3.24. The Hall–Kier alpha value is -2.15. The molecule has 1 heterocycles. The molecule has 2 amide bonds. The first kappa shape index (κ1) is 16.7. The average molecular weight is 352 g/mol. The van der Waals surface area contributed by atoms with Crippen molar-refractivity contribution in [3.05, 3.63) is 59.7 Å². The zero-order chi connectivity index (χ0) is 17.2. The van der Waals surface area contributed by atoms with Gasteiger partial charge < -0.3 is 10.2 Å². The maximum absolute atomic E-state index is 12.4. The number of rotatable bonds is 2. The van der Waals surface area contributed by atoms with Gasteiger partial charge in [-0.3, -0.25) is 0 Å². The van der Waals surface area contributed by atoms with Gasteiger partial charge in [0.05, 0.1) is 0 Å². The minimum atomic E-state index is -4.35. The Labute approximate surface area is 141 Å². The lowest BCUT2D eigenvalue weighted by molar-refractivity contribution is -0.0328. The Bertz CT molecular complexity index is 749. The first-order valence-corrected chi connectivity index (χ1v) is 8.21. The molecule has 0 saturated carbocycles. The average Bonchev–Trinajstić information content (AvgIpc) is 2.53. The summed E-state index contributed by atoms with van der Waals surface area (Å²) < 4.78 is 37.3. The fourth-order valence-electron chi connectivity index (χ4n) is 2.64. The first-order valence-electron chi connectivity index (χ1n) is 7.39. The zero-order valence-corrected chi connectivity index (χ0v) is 13.5. The van der Waals surface area contributed by atoms with E-state index in [1.165, 1.54) is 23.8 Å². The van der Waals surface area contributed by atoms with Crippen LogP contribution in [-0.4, -0.2) is 23.0 Å². The van der Waals surface area contributed by atoms with Crippen LogP contribution in [0.2, 0.25) is 0 Å². The van der Waals surface area contributed by atoms with Gasteiger partial charge in [0.1, 0.15) is 0 Å². The second-order valence-corrected chi connectivity index (χ2v) is 6.58. The number of carbonyl (C=O) groups excluding carboxylic acids is 1. The lowest BCUT2D eigenvalue weighted by Crippen LogP contribution is -2.38. The number of urea groups is 1. The van der Waals surface area contributed by atoms with Crippen molar-refractivity contribution >= 4 is 23.5 Å². The molecule has 24 heavy (non-hydrogen) atoms. The molecular weight excluding hydrogens is 337 g/mol. The lowest BCUT2D eigenvalue weighted by atomic mass is 10.0. The van der Waals surface area contributed by atoms with Crippen LogP contribution in [0.25, 0.3) is 0 Å². The van der Waals surface area contributed by atoms with Crippen molar-refractivity contribution in [1.29, 1.82) is 0 Å². The number of nitrogens with zero attached hydrogens (tertiary/aromatic N) is 1. The van der Waals surface area contributed by atoms with E-state index in [4.69, 9.17) is 0 Å². The van der Waals surface area contributed by atoms with E-state index in [1.807, 2.05) is 24.3 Å². The van der Waals surface area contributed by atoms with Gasteiger partial charge in [-0.1, -0.05) is 30.3 Å². The Morgan fingerprint density at radius 1 is 1.08 bits per heavy atom. The summed E-state index contributed by atoms with van der Waals surface area (Å²) in [6.07, 6.45) is 0.771. The number of amides is 2. The van der Waals surface area contributed by atoms with Gasteiger partial charge in [0, 0.05) is 23.7 Å². The van der Waals surface area contributed by atoms with Crippen LogP contribution in [-0.2, 0) is 13.0 Å². The highest BCUT2D eigenvalue weighted by Gasteiger charge is 2.29. The number of hydrogen-bond acceptors (Lipinski definition) is 2. The van der Waals surface area contributed by atoms with Gasteiger partial charge in [-0.15, -0.1) is 0 Å². The normalized spacial score (nSPS) is 14.2. The summed E-state index contributed by atoms with van der Waals surface area (Å²) >= 11 is -0.197. The van der Waals surface area contributed by atoms with Crippen LogP contribution in [0.1, 0.15) is 11.1 Å². The Morgan fingerprint density at radius 2 is 1.83 bits per heavy atom. The number of carbonyl (C=O) groups is 1.